The molecule has 1 N–H and O–H groups in total. The van der Waals surface area contributed by atoms with Gasteiger partial charge in [-0.15, -0.1) is 0 Å². The Hall–Kier alpha value is -3.26. The zero-order valence-corrected chi connectivity index (χ0v) is 19.1. The number of carbonyl (C=O) groups is 2. The van der Waals surface area contributed by atoms with Crippen molar-refractivity contribution in [2.45, 2.75) is 38.2 Å². The minimum atomic E-state index is -0.0612. The third-order valence-electron chi connectivity index (χ3n) is 6.89. The van der Waals surface area contributed by atoms with Crippen molar-refractivity contribution >= 4 is 28.5 Å². The highest BCUT2D eigenvalue weighted by atomic mass is 16.5. The summed E-state index contributed by atoms with van der Waals surface area (Å²) in [5.41, 5.74) is 3.57. The molecular weight excluding hydrogens is 418 g/mol. The van der Waals surface area contributed by atoms with E-state index < -0.39 is 0 Å². The number of hydrogen-bond donors (Lipinski definition) is 1. The van der Waals surface area contributed by atoms with Crippen molar-refractivity contribution in [2.24, 2.45) is 13.0 Å². The molecule has 0 bridgehead atoms. The number of aryl methyl sites for hydroxylation is 1. The van der Waals surface area contributed by atoms with Gasteiger partial charge in [-0.2, -0.15) is 0 Å². The number of rotatable bonds is 5. The Kier molecular flexibility index (Phi) is 5.85. The molecule has 5 rings (SSSR count). The van der Waals surface area contributed by atoms with Crippen molar-refractivity contribution < 1.29 is 14.3 Å². The fraction of sp³-hybridized carbons (Fsp3) is 0.440. The molecule has 1 aromatic carbocycles. The predicted octanol–water partition coefficient (Wildman–Crippen LogP) is 3.62. The average Bonchev–Trinajstić information content (AvgIpc) is 3.14. The molecule has 1 aliphatic heterocycles. The zero-order chi connectivity index (χ0) is 22.9. The average molecular weight is 448 g/mol. The smallest absolute Gasteiger partial charge is 0.254 e. The van der Waals surface area contributed by atoms with Gasteiger partial charge in [-0.25, -0.2) is 4.98 Å². The van der Waals surface area contributed by atoms with Gasteiger partial charge in [-0.05, 0) is 49.9 Å². The maximum absolute atomic E-state index is 13.4. The molecule has 3 heterocycles. The lowest BCUT2D eigenvalue weighted by atomic mass is 9.85. The molecule has 0 unspecified atom stereocenters. The van der Waals surface area contributed by atoms with Gasteiger partial charge in [0, 0.05) is 56.7 Å². The van der Waals surface area contributed by atoms with Crippen molar-refractivity contribution in [1.29, 1.82) is 0 Å². The van der Waals surface area contributed by atoms with E-state index >= 15 is 0 Å². The van der Waals surface area contributed by atoms with E-state index in [4.69, 9.17) is 9.72 Å². The molecule has 8 nitrogen and oxygen atoms in total. The molecule has 172 valence electrons. The second-order valence-electron chi connectivity index (χ2n) is 8.99. The summed E-state index contributed by atoms with van der Waals surface area (Å²) in [6, 6.07) is 7.43. The molecule has 33 heavy (non-hydrogen) atoms. The third-order valence-corrected chi connectivity index (χ3v) is 6.89. The summed E-state index contributed by atoms with van der Waals surface area (Å²) >= 11 is 0. The van der Waals surface area contributed by atoms with Crippen LogP contribution in [0.15, 0.2) is 36.7 Å². The molecule has 1 saturated heterocycles. The van der Waals surface area contributed by atoms with Crippen LogP contribution in [0, 0.1) is 5.92 Å². The Morgan fingerprint density at radius 3 is 2.61 bits per heavy atom. The largest absolute Gasteiger partial charge is 0.380 e. The maximum Gasteiger partial charge on any atom is 0.254 e. The van der Waals surface area contributed by atoms with Gasteiger partial charge >= 0.3 is 0 Å². The third kappa shape index (κ3) is 4.11. The number of piperidine rings is 1. The van der Waals surface area contributed by atoms with Crippen LogP contribution in [-0.2, 0) is 16.6 Å². The Labute approximate surface area is 193 Å². The first kappa shape index (κ1) is 21.6. The first-order valence-electron chi connectivity index (χ1n) is 11.6. The van der Waals surface area contributed by atoms with Gasteiger partial charge in [0.1, 0.15) is 5.82 Å². The monoisotopic (exact) mass is 447 g/mol. The van der Waals surface area contributed by atoms with Crippen LogP contribution in [0.2, 0.25) is 0 Å². The summed E-state index contributed by atoms with van der Waals surface area (Å²) in [4.78, 5) is 37.0. The van der Waals surface area contributed by atoms with E-state index in [1.165, 1.54) is 0 Å². The maximum atomic E-state index is 13.4. The van der Waals surface area contributed by atoms with E-state index in [2.05, 4.69) is 10.3 Å². The molecule has 3 aromatic rings. The van der Waals surface area contributed by atoms with E-state index in [1.807, 2.05) is 34.7 Å². The summed E-state index contributed by atoms with van der Waals surface area (Å²) in [6.45, 7) is 1.27. The molecule has 2 amide bonds. The van der Waals surface area contributed by atoms with E-state index in [0.717, 1.165) is 49.0 Å². The highest BCUT2D eigenvalue weighted by Crippen LogP contribution is 2.33. The Balaban J connectivity index is 1.57. The predicted molar refractivity (Wildman–Crippen MR) is 126 cm³/mol. The van der Waals surface area contributed by atoms with Crippen molar-refractivity contribution in [3.05, 3.63) is 42.2 Å². The summed E-state index contributed by atoms with van der Waals surface area (Å²) < 4.78 is 7.46. The molecule has 2 aromatic heterocycles. The number of anilines is 1. The first-order valence-corrected chi connectivity index (χ1v) is 11.6. The molecule has 2 aliphatic rings. The number of benzene rings is 1. The van der Waals surface area contributed by atoms with Crippen LogP contribution in [0.3, 0.4) is 0 Å². The normalized spacial score (nSPS) is 18.8. The summed E-state index contributed by atoms with van der Waals surface area (Å²) in [5.74, 6) is 0.746. The molecule has 1 aliphatic carbocycles. The van der Waals surface area contributed by atoms with E-state index in [9.17, 15) is 9.59 Å². The van der Waals surface area contributed by atoms with Crippen LogP contribution < -0.4 is 5.32 Å². The number of aromatic nitrogens is 3. The van der Waals surface area contributed by atoms with Crippen LogP contribution in [0.5, 0.6) is 0 Å². The van der Waals surface area contributed by atoms with Crippen LogP contribution in [0.4, 0.5) is 5.69 Å². The highest BCUT2D eigenvalue weighted by molar-refractivity contribution is 6.06. The SMILES string of the molecule is CO[C@@H]1CCCN(C(=O)c2cc(NC(=O)C3CCC3)c3c(c2)nc(-c2ccncc2)n3C)C1. The lowest BCUT2D eigenvalue weighted by molar-refractivity contribution is -0.122. The minimum absolute atomic E-state index is 0.0104. The first-order chi connectivity index (χ1) is 16.0. The van der Waals surface area contributed by atoms with Crippen molar-refractivity contribution in [1.82, 2.24) is 19.4 Å². The van der Waals surface area contributed by atoms with Crippen molar-refractivity contribution in [3.8, 4) is 11.4 Å². The van der Waals surface area contributed by atoms with Crippen LogP contribution in [-0.4, -0.2) is 57.6 Å². The molecule has 1 atom stereocenters. The summed E-state index contributed by atoms with van der Waals surface area (Å²) in [5, 5.41) is 3.10. The number of likely N-dealkylation sites (tertiary alicyclic amines) is 1. The lowest BCUT2D eigenvalue weighted by Crippen LogP contribution is -2.42. The van der Waals surface area contributed by atoms with Crippen LogP contribution in [0.1, 0.15) is 42.5 Å². The number of imidazole rings is 1. The van der Waals surface area contributed by atoms with Gasteiger partial charge in [-0.1, -0.05) is 6.42 Å². The number of nitrogens with zero attached hydrogens (tertiary/aromatic N) is 4. The van der Waals surface area contributed by atoms with Gasteiger partial charge in [0.25, 0.3) is 5.91 Å². The fourth-order valence-electron chi connectivity index (χ4n) is 4.73. The number of nitrogens with one attached hydrogen (secondary N) is 1. The topological polar surface area (TPSA) is 89.3 Å². The van der Waals surface area contributed by atoms with Crippen LogP contribution >= 0.6 is 0 Å². The number of hydrogen-bond acceptors (Lipinski definition) is 5. The molecule has 0 spiro atoms. The Morgan fingerprint density at radius 2 is 1.91 bits per heavy atom. The van der Waals surface area contributed by atoms with Crippen molar-refractivity contribution in [2.75, 3.05) is 25.5 Å². The standard InChI is InChI=1S/C25H29N5O3/c1-29-22-20(27-23(29)16-8-10-26-11-9-16)13-18(14-21(22)28-24(31)17-5-3-6-17)25(32)30-12-4-7-19(15-30)33-2/h8-11,13-14,17,19H,3-7,12,15H2,1-2H3,(H,28,31)/t19-/m1/s1. The van der Waals surface area contributed by atoms with E-state index in [0.29, 0.717) is 29.9 Å². The Bertz CT molecular complexity index is 1190. The second kappa shape index (κ2) is 8.94. The van der Waals surface area contributed by atoms with E-state index in [1.54, 1.807) is 25.6 Å². The Morgan fingerprint density at radius 1 is 1.12 bits per heavy atom. The zero-order valence-electron chi connectivity index (χ0n) is 19.1. The lowest BCUT2D eigenvalue weighted by Gasteiger charge is -2.32. The molecule has 0 radical (unpaired) electrons. The molecule has 2 fully saturated rings. The number of amides is 2. The molecule has 1 saturated carbocycles. The van der Waals surface area contributed by atoms with Crippen molar-refractivity contribution in [3.63, 3.8) is 0 Å². The van der Waals surface area contributed by atoms with E-state index in [-0.39, 0.29) is 23.8 Å². The van der Waals surface area contributed by atoms with Gasteiger partial charge < -0.3 is 19.5 Å². The number of fused-ring (bicyclic) bond motifs is 1. The molecule has 8 heteroatoms. The molecular formula is C25H29N5O3. The minimum Gasteiger partial charge on any atom is -0.380 e. The van der Waals surface area contributed by atoms with Crippen LogP contribution in [0.25, 0.3) is 22.4 Å². The quantitative estimate of drug-likeness (QED) is 0.645. The number of ether oxygens (including phenoxy) is 1. The fourth-order valence-corrected chi connectivity index (χ4v) is 4.73. The summed E-state index contributed by atoms with van der Waals surface area (Å²) in [7, 11) is 3.62. The summed E-state index contributed by atoms with van der Waals surface area (Å²) in [6.07, 6.45) is 8.28. The van der Waals surface area contributed by atoms with Gasteiger partial charge in [0.15, 0.2) is 0 Å². The van der Waals surface area contributed by atoms with Gasteiger partial charge in [-0.3, -0.25) is 14.6 Å². The number of pyridine rings is 1. The second-order valence-corrected chi connectivity index (χ2v) is 8.99. The number of methoxy groups -OCH3 is 1. The van der Waals surface area contributed by atoms with Gasteiger partial charge in [0.05, 0.1) is 22.8 Å². The highest BCUT2D eigenvalue weighted by Gasteiger charge is 2.28. The number of carbonyl (C=O) groups excluding carboxylic acids is 2. The van der Waals surface area contributed by atoms with Gasteiger partial charge in [0.2, 0.25) is 5.91 Å².